The van der Waals surface area contributed by atoms with E-state index in [-0.39, 0.29) is 10.5 Å². The van der Waals surface area contributed by atoms with Crippen molar-refractivity contribution in [2.24, 2.45) is 0 Å². The van der Waals surface area contributed by atoms with Gasteiger partial charge in [0, 0.05) is 37.4 Å². The highest BCUT2D eigenvalue weighted by Crippen LogP contribution is 2.21. The molecule has 0 radical (unpaired) electrons. The van der Waals surface area contributed by atoms with Gasteiger partial charge in [0.1, 0.15) is 0 Å². The second-order valence-electron chi connectivity index (χ2n) is 7.58. The van der Waals surface area contributed by atoms with E-state index in [0.29, 0.717) is 43.0 Å². The van der Waals surface area contributed by atoms with E-state index in [2.05, 4.69) is 5.32 Å². The average molecular weight is 461 g/mol. The van der Waals surface area contributed by atoms with Crippen molar-refractivity contribution in [1.29, 1.82) is 0 Å². The molecule has 0 aliphatic rings. The van der Waals surface area contributed by atoms with Crippen LogP contribution in [-0.4, -0.2) is 61.8 Å². The second-order valence-corrected chi connectivity index (χ2v) is 9.51. The van der Waals surface area contributed by atoms with Gasteiger partial charge in [0.15, 0.2) is 5.58 Å². The number of carbonyl (C=O) groups is 1. The van der Waals surface area contributed by atoms with Gasteiger partial charge >= 0.3 is 5.76 Å². The monoisotopic (exact) mass is 460 g/mol. The molecule has 3 aromatic rings. The number of carbonyl (C=O) groups excluding carboxylic acids is 1. The first-order chi connectivity index (χ1) is 15.2. The second kappa shape index (κ2) is 9.68. The number of anilines is 1. The van der Waals surface area contributed by atoms with E-state index in [0.717, 1.165) is 0 Å². The first-order valence-corrected chi connectivity index (χ1v) is 11.8. The molecule has 0 saturated carbocycles. The molecule has 1 amide bonds. The Labute approximate surface area is 187 Å². The third kappa shape index (κ3) is 4.93. The summed E-state index contributed by atoms with van der Waals surface area (Å²) in [5.41, 5.74) is 1.70. The van der Waals surface area contributed by atoms with Crippen LogP contribution in [-0.2, 0) is 16.6 Å². The lowest BCUT2D eigenvalue weighted by Crippen LogP contribution is -2.30. The molecule has 9 nitrogen and oxygen atoms in total. The number of hydrogen-bond acceptors (Lipinski definition) is 6. The van der Waals surface area contributed by atoms with Crippen molar-refractivity contribution in [2.75, 3.05) is 39.0 Å². The Balaban J connectivity index is 1.87. The van der Waals surface area contributed by atoms with Crippen LogP contribution in [0.5, 0.6) is 0 Å². The summed E-state index contributed by atoms with van der Waals surface area (Å²) in [4.78, 5) is 27.0. The van der Waals surface area contributed by atoms with Crippen molar-refractivity contribution in [2.45, 2.75) is 25.3 Å². The Morgan fingerprint density at radius 2 is 1.81 bits per heavy atom. The van der Waals surface area contributed by atoms with Crippen molar-refractivity contribution in [3.63, 3.8) is 0 Å². The number of benzene rings is 2. The molecule has 0 atom stereocenters. The zero-order valence-electron chi connectivity index (χ0n) is 18.7. The maximum Gasteiger partial charge on any atom is 0.419 e. The molecule has 2 aromatic carbocycles. The molecule has 1 aromatic heterocycles. The third-order valence-corrected chi connectivity index (χ3v) is 7.18. The number of likely N-dealkylation sites (N-methyl/N-ethyl adjacent to an activating group) is 1. The fraction of sp³-hybridized carbons (Fsp3) is 0.364. The van der Waals surface area contributed by atoms with Crippen molar-refractivity contribution >= 4 is 32.7 Å². The minimum Gasteiger partial charge on any atom is -0.408 e. The lowest BCUT2D eigenvalue weighted by molar-refractivity contribution is 0.102. The van der Waals surface area contributed by atoms with Crippen molar-refractivity contribution in [3.05, 3.63) is 58.6 Å². The first kappa shape index (κ1) is 23.7. The predicted molar refractivity (Wildman–Crippen MR) is 124 cm³/mol. The molecule has 32 heavy (non-hydrogen) atoms. The lowest BCUT2D eigenvalue weighted by atomic mass is 10.2. The summed E-state index contributed by atoms with van der Waals surface area (Å²) >= 11 is 0. The van der Waals surface area contributed by atoms with Gasteiger partial charge in [0.25, 0.3) is 5.91 Å². The summed E-state index contributed by atoms with van der Waals surface area (Å²) < 4.78 is 33.7. The number of nitrogens with one attached hydrogen (secondary N) is 1. The van der Waals surface area contributed by atoms with E-state index in [9.17, 15) is 18.0 Å². The number of aromatic nitrogens is 1. The number of rotatable bonds is 9. The Morgan fingerprint density at radius 1 is 1.09 bits per heavy atom. The summed E-state index contributed by atoms with van der Waals surface area (Å²) in [7, 11) is 0.144. The Hall–Kier alpha value is -2.95. The largest absolute Gasteiger partial charge is 0.419 e. The predicted octanol–water partition coefficient (Wildman–Crippen LogP) is 2.44. The maximum absolute atomic E-state index is 12.8. The van der Waals surface area contributed by atoms with Crippen LogP contribution in [0.15, 0.2) is 56.6 Å². The molecule has 1 heterocycles. The minimum absolute atomic E-state index is 0.0664. The summed E-state index contributed by atoms with van der Waals surface area (Å²) in [6, 6.07) is 10.9. The molecule has 172 valence electrons. The van der Waals surface area contributed by atoms with Crippen molar-refractivity contribution in [1.82, 2.24) is 13.8 Å². The fourth-order valence-electron chi connectivity index (χ4n) is 3.37. The van der Waals surface area contributed by atoms with Gasteiger partial charge in [-0.05, 0) is 50.5 Å². The lowest BCUT2D eigenvalue weighted by Gasteiger charge is -2.18. The van der Waals surface area contributed by atoms with Crippen LogP contribution in [0.25, 0.3) is 11.1 Å². The van der Waals surface area contributed by atoms with Crippen LogP contribution >= 0.6 is 0 Å². The molecule has 10 heteroatoms. The summed E-state index contributed by atoms with van der Waals surface area (Å²) in [6.07, 6.45) is 0. The van der Waals surface area contributed by atoms with Gasteiger partial charge < -0.3 is 14.6 Å². The molecular weight excluding hydrogens is 432 g/mol. The van der Waals surface area contributed by atoms with Gasteiger partial charge in [-0.2, -0.15) is 4.31 Å². The molecule has 0 saturated heterocycles. The zero-order chi connectivity index (χ0) is 23.5. The van der Waals surface area contributed by atoms with E-state index in [1.165, 1.54) is 21.0 Å². The molecular formula is C22H28N4O5S. The van der Waals surface area contributed by atoms with Crippen LogP contribution in [0.3, 0.4) is 0 Å². The number of nitrogens with zero attached hydrogens (tertiary/aromatic N) is 3. The first-order valence-electron chi connectivity index (χ1n) is 10.4. The van der Waals surface area contributed by atoms with Crippen LogP contribution in [0.2, 0.25) is 0 Å². The Kier molecular flexibility index (Phi) is 7.17. The van der Waals surface area contributed by atoms with Gasteiger partial charge in [-0.3, -0.25) is 9.36 Å². The molecule has 0 spiro atoms. The molecule has 0 unspecified atom stereocenters. The van der Waals surface area contributed by atoms with E-state index in [1.807, 2.05) is 19.0 Å². The molecule has 0 aliphatic heterocycles. The van der Waals surface area contributed by atoms with E-state index in [4.69, 9.17) is 4.42 Å². The van der Waals surface area contributed by atoms with Gasteiger partial charge in [-0.25, -0.2) is 13.2 Å². The quantitative estimate of drug-likeness (QED) is 0.526. The maximum atomic E-state index is 12.8. The highest BCUT2D eigenvalue weighted by molar-refractivity contribution is 7.89. The number of fused-ring (bicyclic) bond motifs is 1. The fourth-order valence-corrected chi connectivity index (χ4v) is 4.87. The van der Waals surface area contributed by atoms with Crippen molar-refractivity contribution < 1.29 is 17.6 Å². The number of sulfonamides is 1. The van der Waals surface area contributed by atoms with Crippen LogP contribution < -0.4 is 11.1 Å². The Morgan fingerprint density at radius 3 is 2.47 bits per heavy atom. The number of amides is 1. The average Bonchev–Trinajstić information content (AvgIpc) is 3.07. The smallest absolute Gasteiger partial charge is 0.408 e. The van der Waals surface area contributed by atoms with Gasteiger partial charge in [0.2, 0.25) is 10.0 Å². The van der Waals surface area contributed by atoms with Crippen LogP contribution in [0.4, 0.5) is 5.69 Å². The highest BCUT2D eigenvalue weighted by Gasteiger charge is 2.22. The number of hydrogen-bond donors (Lipinski definition) is 1. The van der Waals surface area contributed by atoms with Crippen LogP contribution in [0.1, 0.15) is 24.2 Å². The summed E-state index contributed by atoms with van der Waals surface area (Å²) in [6.45, 7) is 5.31. The molecule has 0 bridgehead atoms. The van der Waals surface area contributed by atoms with Gasteiger partial charge in [-0.15, -0.1) is 0 Å². The van der Waals surface area contributed by atoms with E-state index in [1.54, 1.807) is 44.2 Å². The number of oxazole rings is 1. The molecule has 3 rings (SSSR count). The Bertz CT molecular complexity index is 1270. The minimum atomic E-state index is -3.68. The third-order valence-electron chi connectivity index (χ3n) is 5.14. The highest BCUT2D eigenvalue weighted by atomic mass is 32.2. The summed E-state index contributed by atoms with van der Waals surface area (Å²) in [5, 5.41) is 2.77. The standard InChI is InChI=1S/C22H28N4O5S/c1-5-25(6-2)32(29,30)18-9-7-8-16(14-18)21(27)23-17-10-11-20-19(15-17)26(22(28)31-20)13-12-24(3)4/h7-11,14-15H,5-6,12-13H2,1-4H3,(H,23,27). The van der Waals surface area contributed by atoms with Crippen molar-refractivity contribution in [3.8, 4) is 0 Å². The SMILES string of the molecule is CCN(CC)S(=O)(=O)c1cccc(C(=O)Nc2ccc3oc(=O)n(CCN(C)C)c3c2)c1. The van der Waals surface area contributed by atoms with E-state index >= 15 is 0 Å². The molecule has 0 aliphatic carbocycles. The van der Waals surface area contributed by atoms with Gasteiger partial charge in [0.05, 0.1) is 10.4 Å². The summed E-state index contributed by atoms with van der Waals surface area (Å²) in [5.74, 6) is -0.911. The topological polar surface area (TPSA) is 105 Å². The van der Waals surface area contributed by atoms with E-state index < -0.39 is 21.7 Å². The zero-order valence-corrected chi connectivity index (χ0v) is 19.5. The van der Waals surface area contributed by atoms with Gasteiger partial charge in [-0.1, -0.05) is 19.9 Å². The molecule has 0 fully saturated rings. The molecule has 1 N–H and O–H groups in total. The normalized spacial score (nSPS) is 12.1. The van der Waals surface area contributed by atoms with Crippen LogP contribution in [0, 0.1) is 0 Å².